The fourth-order valence-electron chi connectivity index (χ4n) is 1.75. The van der Waals surface area contributed by atoms with Crippen LogP contribution in [0.15, 0.2) is 6.20 Å². The molecule has 0 saturated carbocycles. The average Bonchev–Trinajstić information content (AvgIpc) is 2.87. The van der Waals surface area contributed by atoms with Crippen LogP contribution in [0.2, 0.25) is 0 Å². The Kier molecular flexibility index (Phi) is 5.27. The van der Waals surface area contributed by atoms with E-state index in [-0.39, 0.29) is 5.91 Å². The van der Waals surface area contributed by atoms with Crippen LogP contribution < -0.4 is 0 Å². The van der Waals surface area contributed by atoms with Crippen molar-refractivity contribution in [3.8, 4) is 0 Å². The van der Waals surface area contributed by atoms with Crippen molar-refractivity contribution < 1.29 is 9.90 Å². The summed E-state index contributed by atoms with van der Waals surface area (Å²) in [6.07, 6.45) is 1.60. The number of carbonyl (C=O) groups excluding carboxylic acids is 1. The maximum Gasteiger partial charge on any atom is 0.247 e. The second kappa shape index (κ2) is 6.49. The third-order valence-corrected chi connectivity index (χ3v) is 3.09. The van der Waals surface area contributed by atoms with Gasteiger partial charge in [0.1, 0.15) is 11.7 Å². The van der Waals surface area contributed by atoms with Crippen LogP contribution in [0.4, 0.5) is 0 Å². The second-order valence-electron chi connectivity index (χ2n) is 4.23. The molecule has 1 heterocycles. The zero-order valence-electron chi connectivity index (χ0n) is 11.5. The van der Waals surface area contributed by atoms with E-state index in [0.29, 0.717) is 25.2 Å². The summed E-state index contributed by atoms with van der Waals surface area (Å²) in [6.45, 7) is 8.91. The van der Waals surface area contributed by atoms with Gasteiger partial charge in [-0.15, -0.1) is 5.10 Å². The van der Waals surface area contributed by atoms with E-state index in [9.17, 15) is 9.90 Å². The van der Waals surface area contributed by atoms with Gasteiger partial charge in [0.25, 0.3) is 0 Å². The molecule has 0 spiro atoms. The van der Waals surface area contributed by atoms with E-state index < -0.39 is 12.1 Å². The lowest BCUT2D eigenvalue weighted by molar-refractivity contribution is -0.134. The summed E-state index contributed by atoms with van der Waals surface area (Å²) >= 11 is 0. The molecule has 1 amide bonds. The first-order chi connectivity index (χ1) is 8.54. The van der Waals surface area contributed by atoms with Crippen molar-refractivity contribution in [2.45, 2.75) is 46.3 Å². The third kappa shape index (κ3) is 3.07. The smallest absolute Gasteiger partial charge is 0.247 e. The maximum atomic E-state index is 12.1. The number of amides is 1. The molecular formula is C12H22N4O2. The SMILES string of the molecule is CCC(O)c1cn(C(C)C(=O)N(CC)CC)nn1. The molecule has 0 aliphatic carbocycles. The van der Waals surface area contributed by atoms with Crippen LogP contribution in [0.3, 0.4) is 0 Å². The summed E-state index contributed by atoms with van der Waals surface area (Å²) in [5.41, 5.74) is 0.511. The van der Waals surface area contributed by atoms with Crippen LogP contribution in [0.25, 0.3) is 0 Å². The van der Waals surface area contributed by atoms with Crippen molar-refractivity contribution in [1.29, 1.82) is 0 Å². The van der Waals surface area contributed by atoms with Gasteiger partial charge < -0.3 is 10.0 Å². The number of aliphatic hydroxyl groups is 1. The minimum Gasteiger partial charge on any atom is -0.387 e. The van der Waals surface area contributed by atoms with Crippen molar-refractivity contribution in [2.75, 3.05) is 13.1 Å². The Bertz CT molecular complexity index is 387. The molecule has 0 fully saturated rings. The molecule has 102 valence electrons. The van der Waals surface area contributed by atoms with E-state index in [0.717, 1.165) is 0 Å². The van der Waals surface area contributed by atoms with Crippen LogP contribution in [0.1, 0.15) is 52.0 Å². The maximum absolute atomic E-state index is 12.1. The van der Waals surface area contributed by atoms with E-state index in [1.165, 1.54) is 4.68 Å². The number of aromatic nitrogens is 3. The molecule has 18 heavy (non-hydrogen) atoms. The monoisotopic (exact) mass is 254 g/mol. The van der Waals surface area contributed by atoms with E-state index in [1.807, 2.05) is 20.8 Å². The Morgan fingerprint density at radius 3 is 2.56 bits per heavy atom. The molecule has 0 saturated heterocycles. The minimum absolute atomic E-state index is 0.0161. The van der Waals surface area contributed by atoms with E-state index in [4.69, 9.17) is 0 Å². The molecule has 0 aromatic carbocycles. The normalized spacial score (nSPS) is 14.3. The molecule has 0 aliphatic heterocycles. The molecule has 1 N–H and O–H groups in total. The van der Waals surface area contributed by atoms with Crippen LogP contribution in [-0.2, 0) is 4.79 Å². The number of likely N-dealkylation sites (N-methyl/N-ethyl adjacent to an activating group) is 1. The van der Waals surface area contributed by atoms with Crippen LogP contribution in [-0.4, -0.2) is 44.0 Å². The molecule has 6 nitrogen and oxygen atoms in total. The summed E-state index contributed by atoms with van der Waals surface area (Å²) < 4.78 is 1.51. The van der Waals surface area contributed by atoms with Gasteiger partial charge in [-0.1, -0.05) is 12.1 Å². The molecule has 0 aliphatic rings. The van der Waals surface area contributed by atoms with Crippen molar-refractivity contribution >= 4 is 5.91 Å². The first kappa shape index (κ1) is 14.6. The van der Waals surface area contributed by atoms with Gasteiger partial charge in [0.2, 0.25) is 5.91 Å². The van der Waals surface area contributed by atoms with Crippen molar-refractivity contribution in [2.24, 2.45) is 0 Å². The second-order valence-corrected chi connectivity index (χ2v) is 4.23. The molecule has 1 rings (SSSR count). The fourth-order valence-corrected chi connectivity index (χ4v) is 1.75. The highest BCUT2D eigenvalue weighted by atomic mass is 16.3. The molecule has 0 bridgehead atoms. The molecule has 2 unspecified atom stereocenters. The highest BCUT2D eigenvalue weighted by Gasteiger charge is 2.22. The number of hydrogen-bond donors (Lipinski definition) is 1. The summed E-state index contributed by atoms with van der Waals surface area (Å²) in [5.74, 6) is 0.0161. The molecule has 1 aromatic heterocycles. The van der Waals surface area contributed by atoms with Gasteiger partial charge in [0.15, 0.2) is 0 Å². The number of rotatable bonds is 6. The third-order valence-electron chi connectivity index (χ3n) is 3.09. The number of hydrogen-bond acceptors (Lipinski definition) is 4. The average molecular weight is 254 g/mol. The Morgan fingerprint density at radius 1 is 1.44 bits per heavy atom. The summed E-state index contributed by atoms with van der Waals surface area (Å²) in [6, 6.07) is -0.393. The van der Waals surface area contributed by atoms with Gasteiger partial charge in [-0.05, 0) is 27.2 Å². The predicted molar refractivity (Wildman–Crippen MR) is 67.9 cm³/mol. The van der Waals surface area contributed by atoms with Gasteiger partial charge in [-0.25, -0.2) is 4.68 Å². The standard InChI is InChI=1S/C12H22N4O2/c1-5-11(17)10-8-16(14-13-10)9(4)12(18)15(6-2)7-3/h8-9,11,17H,5-7H2,1-4H3. The van der Waals surface area contributed by atoms with Gasteiger partial charge in [0, 0.05) is 13.1 Å². The summed E-state index contributed by atoms with van der Waals surface area (Å²) in [4.78, 5) is 13.9. The Labute approximate surface area is 108 Å². The zero-order valence-corrected chi connectivity index (χ0v) is 11.5. The fraction of sp³-hybridized carbons (Fsp3) is 0.750. The van der Waals surface area contributed by atoms with E-state index in [1.54, 1.807) is 18.0 Å². The largest absolute Gasteiger partial charge is 0.387 e. The quantitative estimate of drug-likeness (QED) is 0.826. The number of carbonyl (C=O) groups is 1. The lowest BCUT2D eigenvalue weighted by Crippen LogP contribution is -2.36. The highest BCUT2D eigenvalue weighted by molar-refractivity contribution is 5.79. The highest BCUT2D eigenvalue weighted by Crippen LogP contribution is 2.15. The van der Waals surface area contributed by atoms with Crippen molar-refractivity contribution in [1.82, 2.24) is 19.9 Å². The summed E-state index contributed by atoms with van der Waals surface area (Å²) in [7, 11) is 0. The zero-order chi connectivity index (χ0) is 13.7. The molecule has 6 heteroatoms. The predicted octanol–water partition coefficient (Wildman–Crippen LogP) is 1.15. The molecule has 0 radical (unpaired) electrons. The lowest BCUT2D eigenvalue weighted by Gasteiger charge is -2.22. The Hall–Kier alpha value is -1.43. The number of aliphatic hydroxyl groups excluding tert-OH is 1. The first-order valence-corrected chi connectivity index (χ1v) is 6.43. The van der Waals surface area contributed by atoms with Crippen LogP contribution in [0.5, 0.6) is 0 Å². The van der Waals surface area contributed by atoms with Crippen LogP contribution in [0, 0.1) is 0 Å². The van der Waals surface area contributed by atoms with Crippen molar-refractivity contribution in [3.63, 3.8) is 0 Å². The van der Waals surface area contributed by atoms with Gasteiger partial charge in [-0.3, -0.25) is 4.79 Å². The Morgan fingerprint density at radius 2 is 2.06 bits per heavy atom. The van der Waals surface area contributed by atoms with E-state index >= 15 is 0 Å². The van der Waals surface area contributed by atoms with Gasteiger partial charge in [0.05, 0.1) is 12.3 Å². The first-order valence-electron chi connectivity index (χ1n) is 6.43. The molecular weight excluding hydrogens is 232 g/mol. The Balaban J connectivity index is 2.80. The lowest BCUT2D eigenvalue weighted by atomic mass is 10.2. The van der Waals surface area contributed by atoms with Crippen LogP contribution >= 0.6 is 0 Å². The van der Waals surface area contributed by atoms with E-state index in [2.05, 4.69) is 10.3 Å². The van der Waals surface area contributed by atoms with Gasteiger partial charge >= 0.3 is 0 Å². The number of nitrogens with zero attached hydrogens (tertiary/aromatic N) is 4. The molecule has 2 atom stereocenters. The molecule has 1 aromatic rings. The summed E-state index contributed by atoms with van der Waals surface area (Å²) in [5, 5.41) is 17.5. The van der Waals surface area contributed by atoms with Gasteiger partial charge in [-0.2, -0.15) is 0 Å². The van der Waals surface area contributed by atoms with Crippen molar-refractivity contribution in [3.05, 3.63) is 11.9 Å². The minimum atomic E-state index is -0.616. The topological polar surface area (TPSA) is 71.2 Å².